The number of aryl methyl sites for hydroxylation is 1. The summed E-state index contributed by atoms with van der Waals surface area (Å²) in [6, 6.07) is 13.0. The maximum absolute atomic E-state index is 4.04. The standard InChI is InChI=1S/C15H14N2S/c1-11-9-14(12-5-3-2-4-6-12)18-15(11)13-7-8-16-10-17-13/h2-10,13H,1H3,(H,16,17). The van der Waals surface area contributed by atoms with Crippen molar-refractivity contribution >= 4 is 17.7 Å². The Bertz CT molecular complexity index is 596. The highest BCUT2D eigenvalue weighted by molar-refractivity contribution is 7.15. The van der Waals surface area contributed by atoms with Crippen LogP contribution in [0.5, 0.6) is 0 Å². The van der Waals surface area contributed by atoms with E-state index in [1.54, 1.807) is 6.34 Å². The van der Waals surface area contributed by atoms with Crippen LogP contribution >= 0.6 is 11.3 Å². The maximum atomic E-state index is 4.04. The summed E-state index contributed by atoms with van der Waals surface area (Å²) in [5.41, 5.74) is 2.61. The van der Waals surface area contributed by atoms with Crippen LogP contribution in [0.2, 0.25) is 0 Å². The summed E-state index contributed by atoms with van der Waals surface area (Å²) >= 11 is 1.84. The molecule has 0 saturated carbocycles. The molecule has 1 aliphatic rings. The zero-order valence-electron chi connectivity index (χ0n) is 10.1. The van der Waals surface area contributed by atoms with E-state index in [-0.39, 0.29) is 6.04 Å². The topological polar surface area (TPSA) is 24.4 Å². The molecule has 1 N–H and O–H groups in total. The molecule has 3 rings (SSSR count). The van der Waals surface area contributed by atoms with E-state index in [0.717, 1.165) is 0 Å². The molecule has 1 aromatic carbocycles. The summed E-state index contributed by atoms with van der Waals surface area (Å²) < 4.78 is 0. The molecule has 2 heterocycles. The molecule has 0 radical (unpaired) electrons. The summed E-state index contributed by atoms with van der Waals surface area (Å²) in [5, 5.41) is 3.27. The van der Waals surface area contributed by atoms with Gasteiger partial charge in [-0.2, -0.15) is 0 Å². The van der Waals surface area contributed by atoms with Gasteiger partial charge < -0.3 is 5.32 Å². The van der Waals surface area contributed by atoms with Crippen molar-refractivity contribution in [1.29, 1.82) is 0 Å². The second-order valence-electron chi connectivity index (χ2n) is 4.29. The Kier molecular flexibility index (Phi) is 2.99. The smallest absolute Gasteiger partial charge is 0.0886 e. The molecule has 3 heteroatoms. The largest absolute Gasteiger partial charge is 0.365 e. The highest BCUT2D eigenvalue weighted by Gasteiger charge is 2.15. The third kappa shape index (κ3) is 2.09. The van der Waals surface area contributed by atoms with E-state index in [2.05, 4.69) is 53.6 Å². The van der Waals surface area contributed by atoms with Gasteiger partial charge in [-0.1, -0.05) is 30.3 Å². The van der Waals surface area contributed by atoms with Crippen molar-refractivity contribution in [2.24, 2.45) is 4.99 Å². The molecule has 1 unspecified atom stereocenters. The summed E-state index contributed by atoms with van der Waals surface area (Å²) in [6.45, 7) is 2.17. The predicted molar refractivity (Wildman–Crippen MR) is 78.0 cm³/mol. The predicted octanol–water partition coefficient (Wildman–Crippen LogP) is 3.91. The van der Waals surface area contributed by atoms with Crippen LogP contribution in [0, 0.1) is 6.92 Å². The fourth-order valence-electron chi connectivity index (χ4n) is 2.07. The third-order valence-electron chi connectivity index (χ3n) is 2.99. The maximum Gasteiger partial charge on any atom is 0.0886 e. The quantitative estimate of drug-likeness (QED) is 0.863. The fourth-order valence-corrected chi connectivity index (χ4v) is 3.29. The average molecular weight is 254 g/mol. The van der Waals surface area contributed by atoms with Crippen LogP contribution in [-0.2, 0) is 0 Å². The van der Waals surface area contributed by atoms with E-state index >= 15 is 0 Å². The van der Waals surface area contributed by atoms with Crippen LogP contribution in [0.1, 0.15) is 16.5 Å². The number of rotatable bonds is 2. The first-order valence-electron chi connectivity index (χ1n) is 5.95. The van der Waals surface area contributed by atoms with Gasteiger partial charge in [0.2, 0.25) is 0 Å². The van der Waals surface area contributed by atoms with Crippen molar-refractivity contribution in [3.63, 3.8) is 0 Å². The molecule has 1 aromatic heterocycles. The second-order valence-corrected chi connectivity index (χ2v) is 5.37. The Morgan fingerprint density at radius 3 is 2.78 bits per heavy atom. The molecule has 1 aliphatic heterocycles. The van der Waals surface area contributed by atoms with Gasteiger partial charge in [0.15, 0.2) is 0 Å². The van der Waals surface area contributed by atoms with Crippen molar-refractivity contribution in [3.8, 4) is 10.4 Å². The van der Waals surface area contributed by atoms with E-state index in [4.69, 9.17) is 0 Å². The van der Waals surface area contributed by atoms with Crippen LogP contribution in [0.3, 0.4) is 0 Å². The van der Waals surface area contributed by atoms with E-state index in [1.807, 2.05) is 23.6 Å². The van der Waals surface area contributed by atoms with Crippen molar-refractivity contribution in [2.45, 2.75) is 13.0 Å². The molecule has 0 saturated heterocycles. The normalized spacial score (nSPS) is 17.7. The number of aliphatic imine (C=N–C) groups is 1. The van der Waals surface area contributed by atoms with E-state index in [0.29, 0.717) is 0 Å². The minimum atomic E-state index is 0.255. The molecule has 0 bridgehead atoms. The number of hydrogen-bond acceptors (Lipinski definition) is 3. The van der Waals surface area contributed by atoms with Crippen LogP contribution in [0.15, 0.2) is 53.7 Å². The summed E-state index contributed by atoms with van der Waals surface area (Å²) in [6.07, 6.45) is 5.70. The Labute approximate surface area is 111 Å². The minimum Gasteiger partial charge on any atom is -0.365 e. The van der Waals surface area contributed by atoms with Crippen LogP contribution < -0.4 is 5.32 Å². The minimum absolute atomic E-state index is 0.255. The van der Waals surface area contributed by atoms with Gasteiger partial charge in [0.1, 0.15) is 0 Å². The van der Waals surface area contributed by atoms with E-state index < -0.39 is 0 Å². The van der Waals surface area contributed by atoms with Gasteiger partial charge in [0, 0.05) is 16.0 Å². The molecule has 0 fully saturated rings. The molecule has 2 nitrogen and oxygen atoms in total. The van der Waals surface area contributed by atoms with Crippen molar-refractivity contribution in [2.75, 3.05) is 0 Å². The fraction of sp³-hybridized carbons (Fsp3) is 0.133. The third-order valence-corrected chi connectivity index (χ3v) is 4.36. The highest BCUT2D eigenvalue weighted by Crippen LogP contribution is 2.35. The van der Waals surface area contributed by atoms with E-state index in [1.165, 1.54) is 20.9 Å². The summed E-state index contributed by atoms with van der Waals surface area (Å²) in [7, 11) is 0. The van der Waals surface area contributed by atoms with E-state index in [9.17, 15) is 0 Å². The lowest BCUT2D eigenvalue weighted by atomic mass is 10.1. The first kappa shape index (κ1) is 11.2. The SMILES string of the molecule is Cc1cc(-c2ccccc2)sc1C1C=CN=CN1. The highest BCUT2D eigenvalue weighted by atomic mass is 32.1. The molecule has 0 spiro atoms. The van der Waals surface area contributed by atoms with Crippen LogP contribution in [-0.4, -0.2) is 6.34 Å². The lowest BCUT2D eigenvalue weighted by molar-refractivity contribution is 0.801. The number of hydrogen-bond donors (Lipinski definition) is 1. The van der Waals surface area contributed by atoms with Gasteiger partial charge in [0.05, 0.1) is 12.4 Å². The summed E-state index contributed by atoms with van der Waals surface area (Å²) in [5.74, 6) is 0. The summed E-state index contributed by atoms with van der Waals surface area (Å²) in [4.78, 5) is 6.71. The zero-order chi connectivity index (χ0) is 12.4. The number of nitrogens with zero attached hydrogens (tertiary/aromatic N) is 1. The number of benzene rings is 1. The van der Waals surface area contributed by atoms with Crippen LogP contribution in [0.25, 0.3) is 10.4 Å². The first-order valence-corrected chi connectivity index (χ1v) is 6.76. The monoisotopic (exact) mass is 254 g/mol. The zero-order valence-corrected chi connectivity index (χ0v) is 10.9. The molecular weight excluding hydrogens is 240 g/mol. The Balaban J connectivity index is 1.96. The second kappa shape index (κ2) is 4.78. The Morgan fingerprint density at radius 2 is 2.06 bits per heavy atom. The van der Waals surface area contributed by atoms with Crippen LogP contribution in [0.4, 0.5) is 0 Å². The van der Waals surface area contributed by atoms with Gasteiger partial charge >= 0.3 is 0 Å². The van der Waals surface area contributed by atoms with Gasteiger partial charge in [-0.25, -0.2) is 4.99 Å². The molecule has 90 valence electrons. The Hall–Kier alpha value is -1.87. The molecular formula is C15H14N2S. The van der Waals surface area contributed by atoms with Crippen molar-refractivity contribution in [1.82, 2.24) is 5.32 Å². The molecule has 18 heavy (non-hydrogen) atoms. The molecule has 1 atom stereocenters. The first-order chi connectivity index (χ1) is 8.84. The lowest BCUT2D eigenvalue weighted by Gasteiger charge is -2.14. The van der Waals surface area contributed by atoms with Gasteiger partial charge in [-0.3, -0.25) is 0 Å². The van der Waals surface area contributed by atoms with Gasteiger partial charge in [0.25, 0.3) is 0 Å². The molecule has 2 aromatic rings. The van der Waals surface area contributed by atoms with Crippen molar-refractivity contribution < 1.29 is 0 Å². The molecule has 0 amide bonds. The van der Waals surface area contributed by atoms with Gasteiger partial charge in [-0.15, -0.1) is 11.3 Å². The van der Waals surface area contributed by atoms with Crippen molar-refractivity contribution in [3.05, 3.63) is 59.1 Å². The number of nitrogens with one attached hydrogen (secondary N) is 1. The average Bonchev–Trinajstić information content (AvgIpc) is 2.83. The molecule has 0 aliphatic carbocycles. The Morgan fingerprint density at radius 1 is 1.22 bits per heavy atom. The van der Waals surface area contributed by atoms with Gasteiger partial charge in [-0.05, 0) is 30.2 Å². The number of thiophene rings is 1. The lowest BCUT2D eigenvalue weighted by Crippen LogP contribution is -2.19.